The third-order valence-corrected chi connectivity index (χ3v) is 2.61. The number of aromatic nitrogens is 1. The van der Waals surface area contributed by atoms with Crippen LogP contribution in [0.4, 0.5) is 0 Å². The van der Waals surface area contributed by atoms with Crippen LogP contribution >= 0.6 is 0 Å². The number of phenols is 1. The number of hydrogen-bond donors (Lipinski definition) is 2. The summed E-state index contributed by atoms with van der Waals surface area (Å²) in [6.07, 6.45) is 2.10. The predicted octanol–water partition coefficient (Wildman–Crippen LogP) is 2.07. The number of phenolic OH excluding ortho intramolecular Hbond substituents is 1. The lowest BCUT2D eigenvalue weighted by atomic mass is 10.1. The molecule has 2 N–H and O–H groups in total. The zero-order valence-corrected chi connectivity index (χ0v) is 9.63. The molecule has 0 aliphatic rings. The molecular weight excluding hydrogens is 218 g/mol. The third-order valence-electron chi connectivity index (χ3n) is 2.61. The Morgan fingerprint density at radius 2 is 2.24 bits per heavy atom. The SMILES string of the molecule is CC(CO)c1coc(Cc2cccc(O)c2)n1. The Morgan fingerprint density at radius 3 is 2.94 bits per heavy atom. The standard InChI is InChI=1S/C13H15NO3/c1-9(7-15)12-8-17-13(14-12)6-10-3-2-4-11(16)5-10/h2-5,8-9,15-16H,6-7H2,1H3. The van der Waals surface area contributed by atoms with Gasteiger partial charge in [0.15, 0.2) is 5.89 Å². The van der Waals surface area contributed by atoms with Crippen molar-refractivity contribution in [1.82, 2.24) is 4.98 Å². The summed E-state index contributed by atoms with van der Waals surface area (Å²) < 4.78 is 5.33. The number of aliphatic hydroxyl groups excluding tert-OH is 1. The molecule has 1 atom stereocenters. The topological polar surface area (TPSA) is 66.5 Å². The van der Waals surface area contributed by atoms with E-state index in [9.17, 15) is 5.11 Å². The molecule has 17 heavy (non-hydrogen) atoms. The molecule has 0 fully saturated rings. The van der Waals surface area contributed by atoms with Gasteiger partial charge in [0, 0.05) is 12.3 Å². The molecule has 0 aliphatic heterocycles. The highest BCUT2D eigenvalue weighted by atomic mass is 16.3. The van der Waals surface area contributed by atoms with E-state index in [1.54, 1.807) is 24.5 Å². The van der Waals surface area contributed by atoms with E-state index in [-0.39, 0.29) is 18.3 Å². The molecule has 0 amide bonds. The van der Waals surface area contributed by atoms with Crippen molar-refractivity contribution in [2.45, 2.75) is 19.3 Å². The van der Waals surface area contributed by atoms with Gasteiger partial charge in [-0.15, -0.1) is 0 Å². The number of aromatic hydroxyl groups is 1. The number of nitrogens with zero attached hydrogens (tertiary/aromatic N) is 1. The van der Waals surface area contributed by atoms with E-state index in [4.69, 9.17) is 9.52 Å². The van der Waals surface area contributed by atoms with Crippen LogP contribution in [0.25, 0.3) is 0 Å². The van der Waals surface area contributed by atoms with Crippen molar-refractivity contribution in [2.24, 2.45) is 0 Å². The van der Waals surface area contributed by atoms with Gasteiger partial charge in [0.25, 0.3) is 0 Å². The van der Waals surface area contributed by atoms with Gasteiger partial charge < -0.3 is 14.6 Å². The lowest BCUT2D eigenvalue weighted by molar-refractivity contribution is 0.271. The van der Waals surface area contributed by atoms with E-state index >= 15 is 0 Å². The highest BCUT2D eigenvalue weighted by Gasteiger charge is 2.10. The van der Waals surface area contributed by atoms with Gasteiger partial charge in [-0.2, -0.15) is 0 Å². The average Bonchev–Trinajstić information content (AvgIpc) is 2.76. The maximum absolute atomic E-state index is 9.34. The molecule has 2 rings (SSSR count). The van der Waals surface area contributed by atoms with Gasteiger partial charge in [-0.05, 0) is 17.7 Å². The highest BCUT2D eigenvalue weighted by Crippen LogP contribution is 2.18. The smallest absolute Gasteiger partial charge is 0.198 e. The Labute approximate surface area is 99.6 Å². The molecule has 1 aromatic carbocycles. The van der Waals surface area contributed by atoms with Gasteiger partial charge in [-0.3, -0.25) is 0 Å². The maximum atomic E-state index is 9.34. The third kappa shape index (κ3) is 2.85. The van der Waals surface area contributed by atoms with Crippen LogP contribution in [0.1, 0.15) is 30.0 Å². The van der Waals surface area contributed by atoms with Crippen LogP contribution in [-0.4, -0.2) is 21.8 Å². The van der Waals surface area contributed by atoms with Crippen LogP contribution in [0, 0.1) is 0 Å². The van der Waals surface area contributed by atoms with Gasteiger partial charge in [0.2, 0.25) is 0 Å². The Balaban J connectivity index is 2.11. The van der Waals surface area contributed by atoms with E-state index in [1.807, 2.05) is 13.0 Å². The van der Waals surface area contributed by atoms with Gasteiger partial charge in [0.1, 0.15) is 12.0 Å². The fraction of sp³-hybridized carbons (Fsp3) is 0.308. The van der Waals surface area contributed by atoms with Crippen molar-refractivity contribution >= 4 is 0 Å². The van der Waals surface area contributed by atoms with Gasteiger partial charge >= 0.3 is 0 Å². The highest BCUT2D eigenvalue weighted by molar-refractivity contribution is 5.28. The first-order valence-corrected chi connectivity index (χ1v) is 5.52. The molecule has 1 heterocycles. The van der Waals surface area contributed by atoms with Crippen molar-refractivity contribution in [2.75, 3.05) is 6.61 Å². The maximum Gasteiger partial charge on any atom is 0.198 e. The number of oxazole rings is 1. The Hall–Kier alpha value is -1.81. The van der Waals surface area contributed by atoms with E-state index in [2.05, 4.69) is 4.98 Å². The summed E-state index contributed by atoms with van der Waals surface area (Å²) in [6, 6.07) is 6.99. The summed E-state index contributed by atoms with van der Waals surface area (Å²) >= 11 is 0. The molecule has 4 nitrogen and oxygen atoms in total. The van der Waals surface area contributed by atoms with Crippen LogP contribution in [-0.2, 0) is 6.42 Å². The van der Waals surface area contributed by atoms with Crippen LogP contribution in [0.15, 0.2) is 34.9 Å². The summed E-state index contributed by atoms with van der Waals surface area (Å²) in [5.74, 6) is 0.806. The van der Waals surface area contributed by atoms with Crippen molar-refractivity contribution < 1.29 is 14.6 Å². The first kappa shape index (κ1) is 11.7. The molecule has 0 radical (unpaired) electrons. The van der Waals surface area contributed by atoms with Gasteiger partial charge in [0.05, 0.1) is 12.3 Å². The summed E-state index contributed by atoms with van der Waals surface area (Å²) in [6.45, 7) is 1.94. The van der Waals surface area contributed by atoms with Crippen LogP contribution in [0.2, 0.25) is 0 Å². The Morgan fingerprint density at radius 1 is 1.41 bits per heavy atom. The predicted molar refractivity (Wildman–Crippen MR) is 62.9 cm³/mol. The largest absolute Gasteiger partial charge is 0.508 e. The second-order valence-electron chi connectivity index (χ2n) is 4.10. The zero-order chi connectivity index (χ0) is 12.3. The molecule has 2 aromatic rings. The second-order valence-corrected chi connectivity index (χ2v) is 4.10. The molecule has 4 heteroatoms. The van der Waals surface area contributed by atoms with E-state index in [0.29, 0.717) is 12.3 Å². The zero-order valence-electron chi connectivity index (χ0n) is 9.63. The Bertz CT molecular complexity index is 493. The molecule has 0 spiro atoms. The van der Waals surface area contributed by atoms with Crippen molar-refractivity contribution in [3.63, 3.8) is 0 Å². The fourth-order valence-corrected chi connectivity index (χ4v) is 1.57. The minimum Gasteiger partial charge on any atom is -0.508 e. The Kier molecular flexibility index (Phi) is 3.44. The first-order chi connectivity index (χ1) is 8.19. The van der Waals surface area contributed by atoms with E-state index in [0.717, 1.165) is 11.3 Å². The van der Waals surface area contributed by atoms with Gasteiger partial charge in [-0.25, -0.2) is 4.98 Å². The molecule has 90 valence electrons. The summed E-state index contributed by atoms with van der Waals surface area (Å²) in [5.41, 5.74) is 1.69. The minimum atomic E-state index is -0.0170. The monoisotopic (exact) mass is 233 g/mol. The van der Waals surface area contributed by atoms with E-state index < -0.39 is 0 Å². The molecule has 1 aromatic heterocycles. The summed E-state index contributed by atoms with van der Waals surface area (Å²) in [4.78, 5) is 4.30. The van der Waals surface area contributed by atoms with Crippen molar-refractivity contribution in [3.8, 4) is 5.75 Å². The average molecular weight is 233 g/mol. The van der Waals surface area contributed by atoms with Crippen molar-refractivity contribution in [1.29, 1.82) is 0 Å². The molecule has 0 aliphatic carbocycles. The molecule has 0 saturated heterocycles. The van der Waals surface area contributed by atoms with Crippen LogP contribution in [0.3, 0.4) is 0 Å². The van der Waals surface area contributed by atoms with Crippen molar-refractivity contribution in [3.05, 3.63) is 47.7 Å². The molecule has 0 saturated carbocycles. The molecule has 1 unspecified atom stereocenters. The number of rotatable bonds is 4. The van der Waals surface area contributed by atoms with E-state index in [1.165, 1.54) is 0 Å². The number of aliphatic hydroxyl groups is 1. The number of benzene rings is 1. The molecular formula is C13H15NO3. The quantitative estimate of drug-likeness (QED) is 0.848. The normalized spacial score (nSPS) is 12.6. The summed E-state index contributed by atoms with van der Waals surface area (Å²) in [5, 5.41) is 18.3. The van der Waals surface area contributed by atoms with Crippen LogP contribution < -0.4 is 0 Å². The number of hydrogen-bond acceptors (Lipinski definition) is 4. The molecule has 0 bridgehead atoms. The second kappa shape index (κ2) is 5.01. The van der Waals surface area contributed by atoms with Gasteiger partial charge in [-0.1, -0.05) is 19.1 Å². The summed E-state index contributed by atoms with van der Waals surface area (Å²) in [7, 11) is 0. The minimum absolute atomic E-state index is 0.0170. The lowest BCUT2D eigenvalue weighted by Crippen LogP contribution is -1.99. The fourth-order valence-electron chi connectivity index (χ4n) is 1.57. The lowest BCUT2D eigenvalue weighted by Gasteiger charge is -2.00. The van der Waals surface area contributed by atoms with Crippen LogP contribution in [0.5, 0.6) is 5.75 Å². The first-order valence-electron chi connectivity index (χ1n) is 5.52.